The smallest absolute Gasteiger partial charge is 0.326 e. The highest BCUT2D eigenvalue weighted by molar-refractivity contribution is 8.18. The minimum absolute atomic E-state index is 0.154. The largest absolute Gasteiger partial charge is 0.484 e. The van der Waals surface area contributed by atoms with Crippen LogP contribution >= 0.6 is 11.8 Å². The Morgan fingerprint density at radius 2 is 1.79 bits per heavy atom. The molecule has 1 saturated heterocycles. The van der Waals surface area contributed by atoms with Gasteiger partial charge in [0.2, 0.25) is 0 Å². The van der Waals surface area contributed by atoms with Crippen LogP contribution in [0.25, 0.3) is 6.08 Å². The van der Waals surface area contributed by atoms with Crippen LogP contribution in [0.2, 0.25) is 0 Å². The molecule has 1 aliphatic heterocycles. The Kier molecular flexibility index (Phi) is 7.89. The highest BCUT2D eigenvalue weighted by Gasteiger charge is 2.36. The van der Waals surface area contributed by atoms with Gasteiger partial charge in [0.1, 0.15) is 12.3 Å². The van der Waals surface area contributed by atoms with Crippen LogP contribution in [0.3, 0.4) is 0 Å². The topological polar surface area (TPSA) is 102 Å². The van der Waals surface area contributed by atoms with Crippen LogP contribution in [0, 0.1) is 13.8 Å². The lowest BCUT2D eigenvalue weighted by Gasteiger charge is -2.10. The van der Waals surface area contributed by atoms with Gasteiger partial charge in [-0.1, -0.05) is 18.2 Å². The number of aryl methyl sites for hydroxylation is 2. The predicted octanol–water partition coefficient (Wildman–Crippen LogP) is 3.92. The first-order valence-electron chi connectivity index (χ1n) is 10.3. The molecule has 33 heavy (non-hydrogen) atoms. The Morgan fingerprint density at radius 1 is 1.06 bits per heavy atom. The van der Waals surface area contributed by atoms with E-state index in [1.807, 2.05) is 32.0 Å². The number of hydrogen-bond acceptors (Lipinski definition) is 7. The zero-order valence-electron chi connectivity index (χ0n) is 18.5. The third kappa shape index (κ3) is 6.45. The fraction of sp³-hybridized carbons (Fsp3) is 0.250. The molecule has 0 aliphatic carbocycles. The lowest BCUT2D eigenvalue weighted by atomic mass is 10.1. The summed E-state index contributed by atoms with van der Waals surface area (Å²) in [6.07, 6.45) is 1.56. The van der Waals surface area contributed by atoms with Crippen LogP contribution in [0.15, 0.2) is 47.4 Å². The molecule has 9 heteroatoms. The highest BCUT2D eigenvalue weighted by Crippen LogP contribution is 2.32. The highest BCUT2D eigenvalue weighted by atomic mass is 32.2. The lowest BCUT2D eigenvalue weighted by Crippen LogP contribution is -2.34. The number of amides is 3. The zero-order valence-corrected chi connectivity index (χ0v) is 19.4. The van der Waals surface area contributed by atoms with E-state index in [9.17, 15) is 19.2 Å². The van der Waals surface area contributed by atoms with E-state index in [4.69, 9.17) is 9.47 Å². The van der Waals surface area contributed by atoms with E-state index in [2.05, 4.69) is 5.32 Å². The summed E-state index contributed by atoms with van der Waals surface area (Å²) < 4.78 is 10.3. The number of carbonyl (C=O) groups excluding carboxylic acids is 4. The Labute approximate surface area is 195 Å². The first-order chi connectivity index (χ1) is 15.8. The maximum Gasteiger partial charge on any atom is 0.326 e. The predicted molar refractivity (Wildman–Crippen MR) is 126 cm³/mol. The second-order valence-corrected chi connectivity index (χ2v) is 8.27. The van der Waals surface area contributed by atoms with Crippen molar-refractivity contribution in [2.24, 2.45) is 0 Å². The molecule has 1 fully saturated rings. The number of nitrogens with one attached hydrogen (secondary N) is 1. The minimum atomic E-state index is -0.635. The van der Waals surface area contributed by atoms with Gasteiger partial charge >= 0.3 is 5.97 Å². The number of benzene rings is 2. The van der Waals surface area contributed by atoms with Gasteiger partial charge in [-0.15, -0.1) is 0 Å². The number of thioether (sulfide) groups is 1. The number of rotatable bonds is 8. The summed E-state index contributed by atoms with van der Waals surface area (Å²) in [5.41, 5.74) is 3.61. The quantitative estimate of drug-likeness (QED) is 0.463. The SMILES string of the molecule is CCOC(=O)CN1C(=O)S/C(=C\c2ccc(OCC(=O)Nc3ccc(C)c(C)c3)cc2)C1=O. The van der Waals surface area contributed by atoms with Crippen LogP contribution < -0.4 is 10.1 Å². The second-order valence-electron chi connectivity index (χ2n) is 7.28. The molecule has 2 aromatic carbocycles. The monoisotopic (exact) mass is 468 g/mol. The van der Waals surface area contributed by atoms with E-state index in [1.54, 1.807) is 37.3 Å². The summed E-state index contributed by atoms with van der Waals surface area (Å²) in [6.45, 7) is 5.24. The van der Waals surface area contributed by atoms with E-state index in [0.717, 1.165) is 27.8 Å². The van der Waals surface area contributed by atoms with Crippen molar-refractivity contribution >= 4 is 46.5 Å². The van der Waals surface area contributed by atoms with Gasteiger partial charge in [-0.2, -0.15) is 0 Å². The first-order valence-corrected chi connectivity index (χ1v) is 11.1. The standard InChI is InChI=1S/C24H24N2O6S/c1-4-31-22(28)13-26-23(29)20(33-24(26)30)12-17-6-9-19(10-7-17)32-14-21(27)25-18-8-5-15(2)16(3)11-18/h5-12H,4,13-14H2,1-3H3,(H,25,27)/b20-12-. The van der Waals surface area contributed by atoms with Gasteiger partial charge in [-0.3, -0.25) is 24.1 Å². The third-order valence-electron chi connectivity index (χ3n) is 4.80. The fourth-order valence-electron chi connectivity index (χ4n) is 2.95. The molecular formula is C24H24N2O6S. The molecule has 0 spiro atoms. The van der Waals surface area contributed by atoms with Crippen molar-refractivity contribution in [1.29, 1.82) is 0 Å². The van der Waals surface area contributed by atoms with E-state index in [0.29, 0.717) is 17.0 Å². The van der Waals surface area contributed by atoms with E-state index < -0.39 is 23.7 Å². The molecule has 172 valence electrons. The van der Waals surface area contributed by atoms with Gasteiger partial charge in [0.15, 0.2) is 6.61 Å². The number of imide groups is 1. The Bertz CT molecular complexity index is 1110. The van der Waals surface area contributed by atoms with Gasteiger partial charge < -0.3 is 14.8 Å². The maximum absolute atomic E-state index is 12.4. The van der Waals surface area contributed by atoms with Crippen LogP contribution in [0.1, 0.15) is 23.6 Å². The normalized spacial score (nSPS) is 14.5. The molecule has 2 aromatic rings. The molecule has 3 amide bonds. The molecular weight excluding hydrogens is 444 g/mol. The molecule has 1 heterocycles. The Balaban J connectivity index is 1.55. The van der Waals surface area contributed by atoms with E-state index in [-0.39, 0.29) is 24.0 Å². The maximum atomic E-state index is 12.4. The number of anilines is 1. The van der Waals surface area contributed by atoms with Crippen LogP contribution in [0.4, 0.5) is 10.5 Å². The summed E-state index contributed by atoms with van der Waals surface area (Å²) in [4.78, 5) is 49.3. The molecule has 0 bridgehead atoms. The molecule has 0 radical (unpaired) electrons. The van der Waals surface area contributed by atoms with Crippen molar-refractivity contribution in [1.82, 2.24) is 4.90 Å². The van der Waals surface area contributed by atoms with Gasteiger partial charge in [0.05, 0.1) is 11.5 Å². The van der Waals surface area contributed by atoms with Gasteiger partial charge in [-0.05, 0) is 79.6 Å². The second kappa shape index (κ2) is 10.8. The van der Waals surface area contributed by atoms with Crippen LogP contribution in [-0.2, 0) is 19.1 Å². The Hall–Kier alpha value is -3.59. The minimum Gasteiger partial charge on any atom is -0.484 e. The van der Waals surface area contributed by atoms with Gasteiger partial charge in [0, 0.05) is 5.69 Å². The van der Waals surface area contributed by atoms with E-state index >= 15 is 0 Å². The molecule has 0 atom stereocenters. The number of ether oxygens (including phenoxy) is 2. The van der Waals surface area contributed by atoms with Crippen molar-refractivity contribution in [2.75, 3.05) is 25.1 Å². The number of hydrogen-bond donors (Lipinski definition) is 1. The summed E-state index contributed by atoms with van der Waals surface area (Å²) in [6, 6.07) is 12.4. The Morgan fingerprint density at radius 3 is 2.45 bits per heavy atom. The fourth-order valence-corrected chi connectivity index (χ4v) is 3.79. The molecule has 0 unspecified atom stereocenters. The molecule has 0 aromatic heterocycles. The van der Waals surface area contributed by atoms with E-state index in [1.165, 1.54) is 0 Å². The van der Waals surface area contributed by atoms with Crippen molar-refractivity contribution in [3.8, 4) is 5.75 Å². The molecule has 0 saturated carbocycles. The van der Waals surface area contributed by atoms with Crippen molar-refractivity contribution in [2.45, 2.75) is 20.8 Å². The number of esters is 1. The van der Waals surface area contributed by atoms with Crippen molar-refractivity contribution < 1.29 is 28.7 Å². The average Bonchev–Trinajstić information content (AvgIpc) is 3.03. The first kappa shape index (κ1) is 24.1. The molecule has 1 N–H and O–H groups in total. The number of nitrogens with zero attached hydrogens (tertiary/aromatic N) is 1. The van der Waals surface area contributed by atoms with Gasteiger partial charge in [0.25, 0.3) is 17.1 Å². The molecule has 3 rings (SSSR count). The van der Waals surface area contributed by atoms with Crippen molar-refractivity contribution in [3.63, 3.8) is 0 Å². The van der Waals surface area contributed by atoms with Gasteiger partial charge in [-0.25, -0.2) is 0 Å². The molecule has 1 aliphatic rings. The number of carbonyl (C=O) groups is 4. The van der Waals surface area contributed by atoms with Crippen LogP contribution in [-0.4, -0.2) is 47.7 Å². The summed E-state index contributed by atoms with van der Waals surface area (Å²) in [7, 11) is 0. The summed E-state index contributed by atoms with van der Waals surface area (Å²) in [5.74, 6) is -0.971. The molecule has 8 nitrogen and oxygen atoms in total. The average molecular weight is 469 g/mol. The summed E-state index contributed by atoms with van der Waals surface area (Å²) in [5, 5.41) is 2.27. The van der Waals surface area contributed by atoms with Crippen molar-refractivity contribution in [3.05, 3.63) is 64.1 Å². The summed E-state index contributed by atoms with van der Waals surface area (Å²) >= 11 is 0.764. The third-order valence-corrected chi connectivity index (χ3v) is 5.71. The van der Waals surface area contributed by atoms with Crippen LogP contribution in [0.5, 0.6) is 5.75 Å². The lowest BCUT2D eigenvalue weighted by molar-refractivity contribution is -0.146. The zero-order chi connectivity index (χ0) is 24.0.